The van der Waals surface area contributed by atoms with E-state index in [-0.39, 0.29) is 18.2 Å². The number of methoxy groups -OCH3 is 1. The molecule has 0 atom stereocenters. The molecular formula is C20H20FN3O2S. The maximum Gasteiger partial charge on any atom is 0.262 e. The molecule has 1 saturated carbocycles. The highest BCUT2D eigenvalue weighted by molar-refractivity contribution is 7.20. The van der Waals surface area contributed by atoms with Gasteiger partial charge >= 0.3 is 0 Å². The fourth-order valence-electron chi connectivity index (χ4n) is 3.25. The molecule has 2 aromatic heterocycles. The lowest BCUT2D eigenvalue weighted by Gasteiger charge is -2.08. The summed E-state index contributed by atoms with van der Waals surface area (Å²) in [6, 6.07) is 4.69. The third-order valence-electron chi connectivity index (χ3n) is 5.00. The molecule has 1 fully saturated rings. The third kappa shape index (κ3) is 3.27. The van der Waals surface area contributed by atoms with Gasteiger partial charge in [0.05, 0.1) is 17.7 Å². The molecule has 4 rings (SSSR count). The number of ether oxygens (including phenoxy) is 1. The van der Waals surface area contributed by atoms with Gasteiger partial charge in [0.2, 0.25) is 0 Å². The molecule has 1 amide bonds. The molecule has 1 aromatic carbocycles. The number of nitrogens with zero attached hydrogens (tertiary/aromatic N) is 2. The molecule has 5 nitrogen and oxygen atoms in total. The number of carbonyl (C=O) groups is 1. The SMILES string of the molecule is COc1ccc(CNC(=O)c2sc3nnc(C)c(C)c3c2C2CC2)cc1F. The molecule has 0 bridgehead atoms. The number of fused-ring (bicyclic) bond motifs is 1. The lowest BCUT2D eigenvalue weighted by molar-refractivity contribution is 0.0954. The largest absolute Gasteiger partial charge is 0.494 e. The van der Waals surface area contributed by atoms with Gasteiger partial charge in [-0.25, -0.2) is 4.39 Å². The maximum absolute atomic E-state index is 13.8. The summed E-state index contributed by atoms with van der Waals surface area (Å²) in [5, 5.41) is 12.5. The second kappa shape index (κ2) is 6.88. The van der Waals surface area contributed by atoms with Crippen molar-refractivity contribution in [3.63, 3.8) is 0 Å². The average Bonchev–Trinajstić information content (AvgIpc) is 3.42. The van der Waals surface area contributed by atoms with Gasteiger partial charge in [-0.3, -0.25) is 4.79 Å². The number of hydrogen-bond donors (Lipinski definition) is 1. The van der Waals surface area contributed by atoms with Crippen molar-refractivity contribution in [1.82, 2.24) is 15.5 Å². The van der Waals surface area contributed by atoms with Crippen LogP contribution in [0.4, 0.5) is 4.39 Å². The molecule has 0 unspecified atom stereocenters. The zero-order valence-corrected chi connectivity index (χ0v) is 16.2. The number of halogens is 1. The van der Waals surface area contributed by atoms with Gasteiger partial charge in [0.1, 0.15) is 4.83 Å². The van der Waals surface area contributed by atoms with Gasteiger partial charge < -0.3 is 10.1 Å². The number of thiophene rings is 1. The molecule has 140 valence electrons. The van der Waals surface area contributed by atoms with E-state index in [0.29, 0.717) is 16.4 Å². The Bertz CT molecular complexity index is 1040. The lowest BCUT2D eigenvalue weighted by Crippen LogP contribution is -2.22. The Labute approximate surface area is 160 Å². The minimum Gasteiger partial charge on any atom is -0.494 e. The summed E-state index contributed by atoms with van der Waals surface area (Å²) in [6.07, 6.45) is 2.19. The van der Waals surface area contributed by atoms with E-state index >= 15 is 0 Å². The number of aromatic nitrogens is 2. The third-order valence-corrected chi connectivity index (χ3v) is 6.08. The van der Waals surface area contributed by atoms with E-state index in [2.05, 4.69) is 15.5 Å². The van der Waals surface area contributed by atoms with Gasteiger partial charge in [-0.15, -0.1) is 16.4 Å². The van der Waals surface area contributed by atoms with Crippen LogP contribution in [0.5, 0.6) is 5.75 Å². The Morgan fingerprint density at radius 1 is 1.33 bits per heavy atom. The molecule has 7 heteroatoms. The quantitative estimate of drug-likeness (QED) is 0.713. The summed E-state index contributed by atoms with van der Waals surface area (Å²) in [6.45, 7) is 4.22. The Morgan fingerprint density at radius 3 is 2.78 bits per heavy atom. The topological polar surface area (TPSA) is 64.1 Å². The molecule has 1 aliphatic rings. The lowest BCUT2D eigenvalue weighted by atomic mass is 10.0. The molecule has 0 radical (unpaired) electrons. The Kier molecular flexibility index (Phi) is 4.55. The highest BCUT2D eigenvalue weighted by Gasteiger charge is 2.33. The zero-order valence-electron chi connectivity index (χ0n) is 15.4. The van der Waals surface area contributed by atoms with Crippen LogP contribution in [0.3, 0.4) is 0 Å². The van der Waals surface area contributed by atoms with E-state index in [1.165, 1.54) is 24.5 Å². The van der Waals surface area contributed by atoms with Gasteiger partial charge in [-0.05, 0) is 61.4 Å². The minimum atomic E-state index is -0.439. The van der Waals surface area contributed by atoms with Crippen molar-refractivity contribution >= 4 is 27.5 Å². The van der Waals surface area contributed by atoms with Gasteiger partial charge in [-0.1, -0.05) is 6.07 Å². The first-order valence-corrected chi connectivity index (χ1v) is 9.68. The van der Waals surface area contributed by atoms with E-state index in [1.54, 1.807) is 12.1 Å². The van der Waals surface area contributed by atoms with Crippen molar-refractivity contribution in [1.29, 1.82) is 0 Å². The van der Waals surface area contributed by atoms with Crippen molar-refractivity contribution in [3.05, 3.63) is 51.3 Å². The van der Waals surface area contributed by atoms with Crippen LogP contribution in [0, 0.1) is 19.7 Å². The van der Waals surface area contributed by atoms with Gasteiger partial charge in [0, 0.05) is 11.9 Å². The molecule has 27 heavy (non-hydrogen) atoms. The van der Waals surface area contributed by atoms with Gasteiger partial charge in [0.25, 0.3) is 5.91 Å². The smallest absolute Gasteiger partial charge is 0.262 e. The molecular weight excluding hydrogens is 365 g/mol. The second-order valence-corrected chi connectivity index (χ2v) is 7.86. The fraction of sp³-hybridized carbons (Fsp3) is 0.350. The first kappa shape index (κ1) is 17.9. The molecule has 0 aliphatic heterocycles. The van der Waals surface area contributed by atoms with Crippen LogP contribution in [-0.4, -0.2) is 23.2 Å². The summed E-state index contributed by atoms with van der Waals surface area (Å²) < 4.78 is 18.8. The maximum atomic E-state index is 13.8. The van der Waals surface area contributed by atoms with Crippen LogP contribution in [0.1, 0.15) is 50.8 Å². The summed E-state index contributed by atoms with van der Waals surface area (Å²) in [5.74, 6) is 0.0228. The van der Waals surface area contributed by atoms with Gasteiger partial charge in [0.15, 0.2) is 11.6 Å². The van der Waals surface area contributed by atoms with Crippen LogP contribution in [-0.2, 0) is 6.54 Å². The number of amides is 1. The van der Waals surface area contributed by atoms with Crippen LogP contribution < -0.4 is 10.1 Å². The summed E-state index contributed by atoms with van der Waals surface area (Å²) >= 11 is 1.39. The number of aryl methyl sites for hydroxylation is 2. The Morgan fingerprint density at radius 2 is 2.11 bits per heavy atom. The fourth-order valence-corrected chi connectivity index (χ4v) is 4.44. The van der Waals surface area contributed by atoms with Crippen molar-refractivity contribution in [2.45, 2.75) is 39.2 Å². The van der Waals surface area contributed by atoms with Crippen molar-refractivity contribution in [2.75, 3.05) is 7.11 Å². The number of carbonyl (C=O) groups excluding carboxylic acids is 1. The number of benzene rings is 1. The molecule has 1 N–H and O–H groups in total. The number of nitrogens with one attached hydrogen (secondary N) is 1. The minimum absolute atomic E-state index is 0.145. The second-order valence-electron chi connectivity index (χ2n) is 6.86. The van der Waals surface area contributed by atoms with Crippen LogP contribution in [0.25, 0.3) is 10.2 Å². The van der Waals surface area contributed by atoms with Crippen LogP contribution >= 0.6 is 11.3 Å². The van der Waals surface area contributed by atoms with E-state index in [0.717, 1.165) is 39.9 Å². The van der Waals surface area contributed by atoms with Crippen LogP contribution in [0.2, 0.25) is 0 Å². The predicted octanol–water partition coefficient (Wildman–Crippen LogP) is 4.26. The molecule has 0 spiro atoms. The predicted molar refractivity (Wildman–Crippen MR) is 103 cm³/mol. The first-order chi connectivity index (χ1) is 13.0. The van der Waals surface area contributed by atoms with E-state index < -0.39 is 5.82 Å². The summed E-state index contributed by atoms with van der Waals surface area (Å²) in [5.41, 5.74) is 3.77. The average molecular weight is 385 g/mol. The monoisotopic (exact) mass is 385 g/mol. The van der Waals surface area contributed by atoms with Crippen molar-refractivity contribution < 1.29 is 13.9 Å². The van der Waals surface area contributed by atoms with E-state index in [4.69, 9.17) is 4.74 Å². The van der Waals surface area contributed by atoms with Crippen LogP contribution in [0.15, 0.2) is 18.2 Å². The Hall–Kier alpha value is -2.54. The molecule has 0 saturated heterocycles. The van der Waals surface area contributed by atoms with Crippen molar-refractivity contribution in [2.24, 2.45) is 0 Å². The summed E-state index contributed by atoms with van der Waals surface area (Å²) in [4.78, 5) is 14.4. The Balaban J connectivity index is 1.62. The highest BCUT2D eigenvalue weighted by atomic mass is 32.1. The van der Waals surface area contributed by atoms with Crippen molar-refractivity contribution in [3.8, 4) is 5.75 Å². The molecule has 3 aromatic rings. The van der Waals surface area contributed by atoms with Gasteiger partial charge in [-0.2, -0.15) is 5.10 Å². The molecule has 2 heterocycles. The standard InChI is InChI=1S/C20H20FN3O2S/c1-10-11(2)23-24-20-16(10)17(13-5-6-13)18(27-20)19(25)22-9-12-4-7-15(26-3)14(21)8-12/h4,7-8,13H,5-6,9H2,1-3H3,(H,22,25). The molecule has 1 aliphatic carbocycles. The first-order valence-electron chi connectivity index (χ1n) is 8.86. The van der Waals surface area contributed by atoms with E-state index in [9.17, 15) is 9.18 Å². The number of hydrogen-bond acceptors (Lipinski definition) is 5. The summed E-state index contributed by atoms with van der Waals surface area (Å²) in [7, 11) is 1.42. The zero-order chi connectivity index (χ0) is 19.1. The normalized spacial score (nSPS) is 13.8. The number of rotatable bonds is 5. The highest BCUT2D eigenvalue weighted by Crippen LogP contribution is 2.48. The van der Waals surface area contributed by atoms with E-state index in [1.807, 2.05) is 13.8 Å².